The fraction of sp³-hybridized carbons (Fsp3) is 0.308. The summed E-state index contributed by atoms with van der Waals surface area (Å²) in [6, 6.07) is 8.20. The lowest BCUT2D eigenvalue weighted by atomic mass is 9.93. The van der Waals surface area contributed by atoms with E-state index in [4.69, 9.17) is 10.5 Å². The summed E-state index contributed by atoms with van der Waals surface area (Å²) in [5.74, 6) is 0. The number of H-pyrrole nitrogens is 1. The summed E-state index contributed by atoms with van der Waals surface area (Å²) in [7, 11) is 0. The zero-order valence-corrected chi connectivity index (χ0v) is 9.40. The highest BCUT2D eigenvalue weighted by Crippen LogP contribution is 2.29. The molecule has 0 spiro atoms. The fourth-order valence-electron chi connectivity index (χ4n) is 2.60. The molecule has 1 heterocycles. The van der Waals surface area contributed by atoms with Crippen molar-refractivity contribution in [2.45, 2.75) is 25.4 Å². The maximum Gasteiger partial charge on any atom is 0.404 e. The summed E-state index contributed by atoms with van der Waals surface area (Å²) < 4.78 is 5.09. The van der Waals surface area contributed by atoms with Crippen molar-refractivity contribution in [2.24, 2.45) is 5.73 Å². The first-order valence-electron chi connectivity index (χ1n) is 5.78. The van der Waals surface area contributed by atoms with Gasteiger partial charge in [0.05, 0.1) is 0 Å². The molecular weight excluding hydrogens is 216 g/mol. The Labute approximate surface area is 98.8 Å². The van der Waals surface area contributed by atoms with Crippen LogP contribution in [0, 0.1) is 0 Å². The molecule has 1 aliphatic rings. The smallest absolute Gasteiger partial charge is 0.404 e. The number of primary amides is 1. The third kappa shape index (κ3) is 1.75. The van der Waals surface area contributed by atoms with E-state index in [1.54, 1.807) is 0 Å². The molecule has 1 amide bonds. The van der Waals surface area contributed by atoms with Crippen molar-refractivity contribution >= 4 is 17.0 Å². The van der Waals surface area contributed by atoms with E-state index in [2.05, 4.69) is 17.1 Å². The molecule has 0 bridgehead atoms. The highest BCUT2D eigenvalue weighted by molar-refractivity contribution is 5.85. The van der Waals surface area contributed by atoms with Gasteiger partial charge >= 0.3 is 6.09 Å². The standard InChI is InChI=1S/C13H14N2O2/c14-13(16)17-8-5-6-12-10(7-8)9-3-1-2-4-11(9)15-12/h1-4,8,15H,5-7H2,(H2,14,16). The van der Waals surface area contributed by atoms with E-state index in [9.17, 15) is 4.79 Å². The second-order valence-corrected chi connectivity index (χ2v) is 4.43. The second kappa shape index (κ2) is 3.80. The molecule has 1 aromatic carbocycles. The second-order valence-electron chi connectivity index (χ2n) is 4.43. The highest BCUT2D eigenvalue weighted by Gasteiger charge is 2.24. The largest absolute Gasteiger partial charge is 0.446 e. The number of carbonyl (C=O) groups excluding carboxylic acids is 1. The molecule has 88 valence electrons. The minimum absolute atomic E-state index is 0.0841. The number of nitrogens with two attached hydrogens (primary N) is 1. The van der Waals surface area contributed by atoms with Crippen LogP contribution in [0.3, 0.4) is 0 Å². The number of rotatable bonds is 1. The number of nitrogens with one attached hydrogen (secondary N) is 1. The summed E-state index contributed by atoms with van der Waals surface area (Å²) >= 11 is 0. The van der Waals surface area contributed by atoms with Gasteiger partial charge in [-0.05, 0) is 24.5 Å². The summed E-state index contributed by atoms with van der Waals surface area (Å²) in [6.45, 7) is 0. The quantitative estimate of drug-likeness (QED) is 0.787. The van der Waals surface area contributed by atoms with Gasteiger partial charge < -0.3 is 15.5 Å². The lowest BCUT2D eigenvalue weighted by molar-refractivity contribution is 0.0980. The van der Waals surface area contributed by atoms with Gasteiger partial charge in [-0.1, -0.05) is 18.2 Å². The van der Waals surface area contributed by atoms with Crippen LogP contribution in [0.5, 0.6) is 0 Å². The van der Waals surface area contributed by atoms with Crippen molar-refractivity contribution in [3.63, 3.8) is 0 Å². The topological polar surface area (TPSA) is 68.1 Å². The van der Waals surface area contributed by atoms with Gasteiger partial charge in [0, 0.05) is 23.0 Å². The molecule has 0 fully saturated rings. The van der Waals surface area contributed by atoms with Crippen LogP contribution in [0.1, 0.15) is 17.7 Å². The van der Waals surface area contributed by atoms with Crippen LogP contribution < -0.4 is 5.73 Å². The molecule has 0 radical (unpaired) electrons. The van der Waals surface area contributed by atoms with Crippen LogP contribution in [-0.2, 0) is 17.6 Å². The van der Waals surface area contributed by atoms with Gasteiger partial charge in [0.1, 0.15) is 6.10 Å². The zero-order chi connectivity index (χ0) is 11.8. The molecule has 1 atom stereocenters. The van der Waals surface area contributed by atoms with E-state index < -0.39 is 6.09 Å². The Morgan fingerprint density at radius 2 is 2.24 bits per heavy atom. The van der Waals surface area contributed by atoms with Gasteiger partial charge in [-0.2, -0.15) is 0 Å². The summed E-state index contributed by atoms with van der Waals surface area (Å²) in [5.41, 5.74) is 8.73. The first-order valence-corrected chi connectivity index (χ1v) is 5.78. The number of aromatic nitrogens is 1. The maximum atomic E-state index is 10.8. The van der Waals surface area contributed by atoms with Gasteiger partial charge in [0.15, 0.2) is 0 Å². The lowest BCUT2D eigenvalue weighted by Crippen LogP contribution is -2.28. The first kappa shape index (κ1) is 10.2. The van der Waals surface area contributed by atoms with E-state index in [0.29, 0.717) is 0 Å². The Balaban J connectivity index is 1.97. The Bertz CT molecular complexity index is 574. The predicted octanol–water partition coefficient (Wildman–Crippen LogP) is 2.12. The summed E-state index contributed by atoms with van der Waals surface area (Å²) in [5, 5.41) is 1.22. The minimum Gasteiger partial charge on any atom is -0.446 e. The van der Waals surface area contributed by atoms with Crippen LogP contribution in [-0.4, -0.2) is 17.2 Å². The molecule has 0 saturated heterocycles. The van der Waals surface area contributed by atoms with Gasteiger partial charge in [0.2, 0.25) is 0 Å². The average Bonchev–Trinajstić information content (AvgIpc) is 2.66. The van der Waals surface area contributed by atoms with Crippen LogP contribution in [0.25, 0.3) is 10.9 Å². The van der Waals surface area contributed by atoms with Gasteiger partial charge in [-0.25, -0.2) is 4.79 Å². The third-order valence-electron chi connectivity index (χ3n) is 3.33. The maximum absolute atomic E-state index is 10.8. The van der Waals surface area contributed by atoms with Crippen molar-refractivity contribution < 1.29 is 9.53 Å². The molecule has 17 heavy (non-hydrogen) atoms. The number of amides is 1. The highest BCUT2D eigenvalue weighted by atomic mass is 16.6. The molecule has 1 aliphatic carbocycles. The van der Waals surface area contributed by atoms with Gasteiger partial charge in [0.25, 0.3) is 0 Å². The minimum atomic E-state index is -0.682. The van der Waals surface area contributed by atoms with Crippen molar-refractivity contribution in [3.8, 4) is 0 Å². The predicted molar refractivity (Wildman–Crippen MR) is 64.8 cm³/mol. The van der Waals surface area contributed by atoms with E-state index >= 15 is 0 Å². The van der Waals surface area contributed by atoms with Gasteiger partial charge in [-0.3, -0.25) is 0 Å². The van der Waals surface area contributed by atoms with Crippen LogP contribution in [0.4, 0.5) is 4.79 Å². The van der Waals surface area contributed by atoms with E-state index in [0.717, 1.165) is 24.8 Å². The zero-order valence-electron chi connectivity index (χ0n) is 9.40. The molecular formula is C13H14N2O2. The van der Waals surface area contributed by atoms with E-state index in [1.165, 1.54) is 16.6 Å². The van der Waals surface area contributed by atoms with Crippen molar-refractivity contribution in [2.75, 3.05) is 0 Å². The number of fused-ring (bicyclic) bond motifs is 3. The van der Waals surface area contributed by atoms with Crippen molar-refractivity contribution in [1.29, 1.82) is 0 Å². The number of carbonyl (C=O) groups is 1. The van der Waals surface area contributed by atoms with Crippen LogP contribution >= 0.6 is 0 Å². The van der Waals surface area contributed by atoms with Crippen LogP contribution in [0.15, 0.2) is 24.3 Å². The van der Waals surface area contributed by atoms with Crippen LogP contribution in [0.2, 0.25) is 0 Å². The normalized spacial score (nSPS) is 18.9. The number of hydrogen-bond donors (Lipinski definition) is 2. The van der Waals surface area contributed by atoms with E-state index in [1.807, 2.05) is 12.1 Å². The third-order valence-corrected chi connectivity index (χ3v) is 3.33. The molecule has 1 aromatic heterocycles. The molecule has 2 aromatic rings. The lowest BCUT2D eigenvalue weighted by Gasteiger charge is -2.21. The first-order chi connectivity index (χ1) is 8.24. The number of ether oxygens (including phenoxy) is 1. The Kier molecular flexibility index (Phi) is 2.28. The number of aryl methyl sites for hydroxylation is 1. The van der Waals surface area contributed by atoms with Crippen molar-refractivity contribution in [3.05, 3.63) is 35.5 Å². The average molecular weight is 230 g/mol. The Hall–Kier alpha value is -1.97. The summed E-state index contributed by atoms with van der Waals surface area (Å²) in [6.07, 6.45) is 1.73. The Morgan fingerprint density at radius 3 is 3.06 bits per heavy atom. The molecule has 0 aliphatic heterocycles. The fourth-order valence-corrected chi connectivity index (χ4v) is 2.60. The number of benzene rings is 1. The number of aromatic amines is 1. The SMILES string of the molecule is NC(=O)OC1CCc2[nH]c3ccccc3c2C1. The van der Waals surface area contributed by atoms with E-state index in [-0.39, 0.29) is 6.10 Å². The molecule has 4 heteroatoms. The molecule has 3 rings (SSSR count). The molecule has 4 nitrogen and oxygen atoms in total. The molecule has 3 N–H and O–H groups in total. The molecule has 1 unspecified atom stereocenters. The van der Waals surface area contributed by atoms with Crippen molar-refractivity contribution in [1.82, 2.24) is 4.98 Å². The monoisotopic (exact) mass is 230 g/mol. The van der Waals surface area contributed by atoms with Gasteiger partial charge in [-0.15, -0.1) is 0 Å². The number of hydrogen-bond acceptors (Lipinski definition) is 2. The Morgan fingerprint density at radius 1 is 1.41 bits per heavy atom. The number of para-hydroxylation sites is 1. The molecule has 0 saturated carbocycles. The summed E-state index contributed by atoms with van der Waals surface area (Å²) in [4.78, 5) is 14.2.